The summed E-state index contributed by atoms with van der Waals surface area (Å²) in [6.45, 7) is 1.30. The van der Waals surface area contributed by atoms with Gasteiger partial charge in [0.15, 0.2) is 5.96 Å². The first kappa shape index (κ1) is 19.5. The number of aliphatic hydroxyl groups excluding tert-OH is 1. The van der Waals surface area contributed by atoms with E-state index in [0.717, 1.165) is 30.2 Å². The standard InChI is InChI=1S/C19H23N3O2.HI/c1-20-19(22-12-11-14-5-3-4-6-17(14)22)21-13-18(23)15-7-9-16(24-2)10-8-15;/h3-10,18,23H,11-13H2,1-2H3,(H,20,21);1H. The number of hydrogen-bond acceptors (Lipinski definition) is 3. The zero-order valence-corrected chi connectivity index (χ0v) is 16.8. The van der Waals surface area contributed by atoms with Crippen molar-refractivity contribution >= 4 is 35.6 Å². The quantitative estimate of drug-likeness (QED) is 0.425. The summed E-state index contributed by atoms with van der Waals surface area (Å²) in [5.74, 6) is 1.57. The van der Waals surface area contributed by atoms with Gasteiger partial charge in [0.1, 0.15) is 5.75 Å². The smallest absolute Gasteiger partial charge is 0.198 e. The maximum absolute atomic E-state index is 10.4. The third kappa shape index (κ3) is 4.43. The minimum atomic E-state index is -0.606. The minimum absolute atomic E-state index is 0. The van der Waals surface area contributed by atoms with E-state index < -0.39 is 6.10 Å². The summed E-state index contributed by atoms with van der Waals surface area (Å²) in [6.07, 6.45) is 0.406. The van der Waals surface area contributed by atoms with Crippen molar-refractivity contribution in [3.8, 4) is 5.75 Å². The van der Waals surface area contributed by atoms with E-state index in [2.05, 4.69) is 33.4 Å². The van der Waals surface area contributed by atoms with Crippen LogP contribution < -0.4 is 15.0 Å². The van der Waals surface area contributed by atoms with E-state index in [1.165, 1.54) is 11.3 Å². The zero-order valence-electron chi connectivity index (χ0n) is 14.5. The number of para-hydroxylation sites is 1. The summed E-state index contributed by atoms with van der Waals surface area (Å²) >= 11 is 0. The number of nitrogens with one attached hydrogen (secondary N) is 1. The fourth-order valence-electron chi connectivity index (χ4n) is 2.99. The molecule has 2 N–H and O–H groups in total. The lowest BCUT2D eigenvalue weighted by Gasteiger charge is -2.23. The van der Waals surface area contributed by atoms with Crippen molar-refractivity contribution in [3.05, 3.63) is 59.7 Å². The molecule has 0 spiro atoms. The molecule has 0 saturated heterocycles. The highest BCUT2D eigenvalue weighted by Crippen LogP contribution is 2.27. The largest absolute Gasteiger partial charge is 0.497 e. The number of rotatable bonds is 4. The Bertz CT molecular complexity index is 719. The van der Waals surface area contributed by atoms with Crippen molar-refractivity contribution in [2.75, 3.05) is 32.1 Å². The normalized spacial score (nSPS) is 14.5. The van der Waals surface area contributed by atoms with Crippen molar-refractivity contribution in [2.24, 2.45) is 4.99 Å². The average Bonchev–Trinajstić information content (AvgIpc) is 3.06. The average molecular weight is 453 g/mol. The highest BCUT2D eigenvalue weighted by atomic mass is 127. The number of aliphatic hydroxyl groups is 1. The molecular weight excluding hydrogens is 429 g/mol. The number of anilines is 1. The Hall–Kier alpha value is -1.80. The summed E-state index contributed by atoms with van der Waals surface area (Å²) in [7, 11) is 3.40. The van der Waals surface area contributed by atoms with E-state index in [1.807, 2.05) is 30.3 Å². The van der Waals surface area contributed by atoms with Crippen molar-refractivity contribution in [2.45, 2.75) is 12.5 Å². The molecular formula is C19H24IN3O2. The first-order valence-electron chi connectivity index (χ1n) is 8.11. The van der Waals surface area contributed by atoms with Gasteiger partial charge in [0.2, 0.25) is 0 Å². The summed E-state index contributed by atoms with van der Waals surface area (Å²) in [4.78, 5) is 6.53. The van der Waals surface area contributed by atoms with Crippen LogP contribution in [0.15, 0.2) is 53.5 Å². The lowest BCUT2D eigenvalue weighted by atomic mass is 10.1. The van der Waals surface area contributed by atoms with Gasteiger partial charge in [0.05, 0.1) is 13.2 Å². The van der Waals surface area contributed by atoms with Crippen molar-refractivity contribution in [1.82, 2.24) is 5.32 Å². The van der Waals surface area contributed by atoms with Gasteiger partial charge in [0, 0.05) is 25.8 Å². The van der Waals surface area contributed by atoms with Gasteiger partial charge in [-0.3, -0.25) is 4.99 Å². The summed E-state index contributed by atoms with van der Waals surface area (Å²) < 4.78 is 5.14. The second-order valence-electron chi connectivity index (χ2n) is 5.75. The Morgan fingerprint density at radius 1 is 1.24 bits per heavy atom. The summed E-state index contributed by atoms with van der Waals surface area (Å²) in [6, 6.07) is 15.8. The van der Waals surface area contributed by atoms with Crippen molar-refractivity contribution in [3.63, 3.8) is 0 Å². The third-order valence-corrected chi connectivity index (χ3v) is 4.31. The fraction of sp³-hybridized carbons (Fsp3) is 0.316. The van der Waals surface area contributed by atoms with Gasteiger partial charge in [-0.05, 0) is 35.7 Å². The molecule has 2 aromatic carbocycles. The topological polar surface area (TPSA) is 57.1 Å². The number of fused-ring (bicyclic) bond motifs is 1. The van der Waals surface area contributed by atoms with Gasteiger partial charge in [-0.25, -0.2) is 0 Å². The number of aliphatic imine (C=N–C) groups is 1. The van der Waals surface area contributed by atoms with E-state index in [9.17, 15) is 5.11 Å². The predicted octanol–water partition coefficient (Wildman–Crippen LogP) is 2.98. The molecule has 0 amide bonds. The molecule has 25 heavy (non-hydrogen) atoms. The molecule has 0 radical (unpaired) electrons. The maximum atomic E-state index is 10.4. The number of ether oxygens (including phenoxy) is 1. The van der Waals surface area contributed by atoms with Crippen LogP contribution in [0, 0.1) is 0 Å². The molecule has 0 saturated carbocycles. The van der Waals surface area contributed by atoms with Crippen LogP contribution in [-0.4, -0.2) is 38.3 Å². The second kappa shape index (κ2) is 9.05. The Morgan fingerprint density at radius 2 is 1.96 bits per heavy atom. The maximum Gasteiger partial charge on any atom is 0.198 e. The van der Waals surface area contributed by atoms with Crippen LogP contribution in [0.1, 0.15) is 17.2 Å². The molecule has 1 unspecified atom stereocenters. The first-order valence-corrected chi connectivity index (χ1v) is 8.11. The van der Waals surface area contributed by atoms with Gasteiger partial charge in [-0.15, -0.1) is 24.0 Å². The van der Waals surface area contributed by atoms with Crippen molar-refractivity contribution < 1.29 is 9.84 Å². The van der Waals surface area contributed by atoms with Gasteiger partial charge >= 0.3 is 0 Å². The fourth-order valence-corrected chi connectivity index (χ4v) is 2.99. The van der Waals surface area contributed by atoms with Crippen LogP contribution in [0.4, 0.5) is 5.69 Å². The molecule has 2 aromatic rings. The Morgan fingerprint density at radius 3 is 2.64 bits per heavy atom. The number of benzene rings is 2. The van der Waals surface area contributed by atoms with Gasteiger partial charge in [-0.2, -0.15) is 0 Å². The zero-order chi connectivity index (χ0) is 16.9. The van der Waals surface area contributed by atoms with Crippen LogP contribution in [0.2, 0.25) is 0 Å². The monoisotopic (exact) mass is 453 g/mol. The molecule has 0 fully saturated rings. The van der Waals surface area contributed by atoms with E-state index in [1.54, 1.807) is 14.2 Å². The molecule has 0 aromatic heterocycles. The van der Waals surface area contributed by atoms with E-state index in [4.69, 9.17) is 4.74 Å². The Kier molecular flexibility index (Phi) is 7.07. The molecule has 1 aliphatic rings. The first-order chi connectivity index (χ1) is 11.7. The molecule has 0 bridgehead atoms. The van der Waals surface area contributed by atoms with Gasteiger partial charge in [-0.1, -0.05) is 30.3 Å². The van der Waals surface area contributed by atoms with Crippen LogP contribution in [0.25, 0.3) is 0 Å². The van der Waals surface area contributed by atoms with E-state index in [-0.39, 0.29) is 24.0 Å². The van der Waals surface area contributed by atoms with Gasteiger partial charge < -0.3 is 20.1 Å². The number of methoxy groups -OCH3 is 1. The molecule has 5 nitrogen and oxygen atoms in total. The molecule has 0 aliphatic carbocycles. The second-order valence-corrected chi connectivity index (χ2v) is 5.75. The van der Waals surface area contributed by atoms with E-state index >= 15 is 0 Å². The summed E-state index contributed by atoms with van der Waals surface area (Å²) in [5.41, 5.74) is 3.36. The number of hydrogen-bond donors (Lipinski definition) is 2. The molecule has 3 rings (SSSR count). The number of halogens is 1. The van der Waals surface area contributed by atoms with Gasteiger partial charge in [0.25, 0.3) is 0 Å². The Balaban J connectivity index is 0.00000225. The van der Waals surface area contributed by atoms with Crippen LogP contribution in [0.3, 0.4) is 0 Å². The molecule has 1 heterocycles. The summed E-state index contributed by atoms with van der Waals surface area (Å²) in [5, 5.41) is 13.7. The molecule has 1 aliphatic heterocycles. The van der Waals surface area contributed by atoms with E-state index in [0.29, 0.717) is 6.54 Å². The molecule has 1 atom stereocenters. The van der Waals surface area contributed by atoms with Crippen LogP contribution in [0.5, 0.6) is 5.75 Å². The Labute approximate surface area is 165 Å². The minimum Gasteiger partial charge on any atom is -0.497 e. The lowest BCUT2D eigenvalue weighted by molar-refractivity contribution is 0.181. The van der Waals surface area contributed by atoms with Crippen molar-refractivity contribution in [1.29, 1.82) is 0 Å². The molecule has 6 heteroatoms. The lowest BCUT2D eigenvalue weighted by Crippen LogP contribution is -2.42. The van der Waals surface area contributed by atoms with Crippen LogP contribution in [-0.2, 0) is 6.42 Å². The SMILES string of the molecule is CN=C(NCC(O)c1ccc(OC)cc1)N1CCc2ccccc21.I. The van der Waals surface area contributed by atoms with Crippen LogP contribution >= 0.6 is 24.0 Å². The number of guanidine groups is 1. The highest BCUT2D eigenvalue weighted by molar-refractivity contribution is 14.0. The highest BCUT2D eigenvalue weighted by Gasteiger charge is 2.22. The predicted molar refractivity (Wildman–Crippen MR) is 112 cm³/mol. The number of nitrogens with zero attached hydrogens (tertiary/aromatic N) is 2. The molecule has 134 valence electrons. The third-order valence-electron chi connectivity index (χ3n) is 4.31.